The maximum Gasteiger partial charge on any atom is 0.330 e. The lowest BCUT2D eigenvalue weighted by molar-refractivity contribution is -0.384. The molecule has 1 N–H and O–H groups in total. The molecule has 0 spiro atoms. The summed E-state index contributed by atoms with van der Waals surface area (Å²) in [4.78, 5) is 15.5. The van der Waals surface area contributed by atoms with Gasteiger partial charge in [0.2, 0.25) is 5.82 Å². The highest BCUT2D eigenvalue weighted by molar-refractivity contribution is 7.09. The van der Waals surface area contributed by atoms with E-state index in [1.165, 1.54) is 22.2 Å². The Bertz CT molecular complexity index is 547. The lowest BCUT2D eigenvalue weighted by Crippen LogP contribution is -2.02. The number of thiazole rings is 1. The van der Waals surface area contributed by atoms with Gasteiger partial charge in [0.05, 0.1) is 22.7 Å². The quantitative estimate of drug-likeness (QED) is 0.662. The number of aromatic nitrogens is 3. The molecule has 0 aliphatic rings. The van der Waals surface area contributed by atoms with E-state index in [2.05, 4.69) is 15.4 Å². The molecule has 2 aromatic rings. The molecule has 7 nitrogen and oxygen atoms in total. The van der Waals surface area contributed by atoms with Crippen LogP contribution in [0.5, 0.6) is 0 Å². The largest absolute Gasteiger partial charge is 0.358 e. The molecule has 0 aromatic carbocycles. The van der Waals surface area contributed by atoms with E-state index in [0.29, 0.717) is 6.54 Å². The molecule has 0 bridgehead atoms. The maximum absolute atomic E-state index is 10.8. The van der Waals surface area contributed by atoms with Crippen LogP contribution in [0.2, 0.25) is 0 Å². The summed E-state index contributed by atoms with van der Waals surface area (Å²) in [7, 11) is 1.65. The molecule has 8 heteroatoms. The van der Waals surface area contributed by atoms with Gasteiger partial charge in [0.25, 0.3) is 0 Å². The van der Waals surface area contributed by atoms with Crippen molar-refractivity contribution in [3.63, 3.8) is 0 Å². The number of nitrogens with one attached hydrogen (secondary N) is 1. The number of aryl methyl sites for hydroxylation is 2. The van der Waals surface area contributed by atoms with E-state index in [0.717, 1.165) is 10.6 Å². The zero-order valence-corrected chi connectivity index (χ0v) is 10.2. The Hall–Kier alpha value is -1.96. The highest BCUT2D eigenvalue weighted by atomic mass is 32.1. The summed E-state index contributed by atoms with van der Waals surface area (Å²) in [6, 6.07) is 0. The fraction of sp³-hybridized carbons (Fsp3) is 0.333. The van der Waals surface area contributed by atoms with Crippen molar-refractivity contribution in [2.75, 3.05) is 5.32 Å². The molecule has 0 fully saturated rings. The minimum Gasteiger partial charge on any atom is -0.358 e. The summed E-state index contributed by atoms with van der Waals surface area (Å²) in [6.07, 6.45) is 1.38. The lowest BCUT2D eigenvalue weighted by Gasteiger charge is -2.00. The van der Waals surface area contributed by atoms with Crippen molar-refractivity contribution in [2.45, 2.75) is 13.5 Å². The molecule has 2 heterocycles. The smallest absolute Gasteiger partial charge is 0.330 e. The minimum atomic E-state index is -0.450. The van der Waals surface area contributed by atoms with Gasteiger partial charge in [-0.1, -0.05) is 0 Å². The van der Waals surface area contributed by atoms with E-state index >= 15 is 0 Å². The first kappa shape index (κ1) is 11.5. The Morgan fingerprint density at radius 2 is 2.41 bits per heavy atom. The second kappa shape index (κ2) is 4.50. The highest BCUT2D eigenvalue weighted by Crippen LogP contribution is 2.23. The van der Waals surface area contributed by atoms with E-state index in [1.54, 1.807) is 12.6 Å². The average molecular weight is 253 g/mol. The van der Waals surface area contributed by atoms with E-state index in [4.69, 9.17) is 0 Å². The predicted molar refractivity (Wildman–Crippen MR) is 64.0 cm³/mol. The number of nitro groups is 1. The van der Waals surface area contributed by atoms with E-state index in [1.807, 2.05) is 6.92 Å². The Kier molecular flexibility index (Phi) is 3.05. The van der Waals surface area contributed by atoms with E-state index in [-0.39, 0.29) is 11.5 Å². The van der Waals surface area contributed by atoms with Crippen molar-refractivity contribution in [3.05, 3.63) is 32.4 Å². The first-order chi connectivity index (χ1) is 8.08. The van der Waals surface area contributed by atoms with Gasteiger partial charge in [-0.05, 0) is 6.92 Å². The standard InChI is InChI=1S/C9H11N5O2S/c1-6-8(17-5-11-6)3-10-9-7(14(15)16)4-13(2)12-9/h4-5H,3H2,1-2H3,(H,10,12). The molecule has 0 saturated carbocycles. The van der Waals surface area contributed by atoms with Gasteiger partial charge in [-0.25, -0.2) is 4.98 Å². The number of anilines is 1. The van der Waals surface area contributed by atoms with Crippen LogP contribution in [-0.4, -0.2) is 19.7 Å². The summed E-state index contributed by atoms with van der Waals surface area (Å²) >= 11 is 1.51. The van der Waals surface area contributed by atoms with Crippen LogP contribution in [-0.2, 0) is 13.6 Å². The third kappa shape index (κ3) is 2.41. The number of hydrogen-bond acceptors (Lipinski definition) is 6. The van der Waals surface area contributed by atoms with Crippen LogP contribution in [0.15, 0.2) is 11.7 Å². The molecule has 2 rings (SSSR count). The SMILES string of the molecule is Cc1ncsc1CNc1nn(C)cc1[N+](=O)[O-]. The third-order valence-corrected chi connectivity index (χ3v) is 3.20. The first-order valence-corrected chi connectivity index (χ1v) is 5.76. The van der Waals surface area contributed by atoms with Crippen molar-refractivity contribution in [1.29, 1.82) is 0 Å². The van der Waals surface area contributed by atoms with Gasteiger partial charge in [-0.2, -0.15) is 0 Å². The Balaban J connectivity index is 2.14. The fourth-order valence-electron chi connectivity index (χ4n) is 1.40. The molecule has 0 amide bonds. The molecule has 0 aliphatic carbocycles. The minimum absolute atomic E-state index is 0.0188. The molecule has 0 saturated heterocycles. The van der Waals surface area contributed by atoms with Gasteiger partial charge < -0.3 is 5.32 Å². The lowest BCUT2D eigenvalue weighted by atomic mass is 10.4. The molecular weight excluding hydrogens is 242 g/mol. The molecule has 90 valence electrons. The molecule has 17 heavy (non-hydrogen) atoms. The topological polar surface area (TPSA) is 85.9 Å². The summed E-state index contributed by atoms with van der Waals surface area (Å²) in [5.74, 6) is 0.283. The maximum atomic E-state index is 10.8. The molecular formula is C9H11N5O2S. The van der Waals surface area contributed by atoms with Crippen LogP contribution in [0.3, 0.4) is 0 Å². The summed E-state index contributed by atoms with van der Waals surface area (Å²) in [5.41, 5.74) is 2.66. The summed E-state index contributed by atoms with van der Waals surface area (Å²) in [6.45, 7) is 2.40. The molecule has 0 atom stereocenters. The normalized spacial score (nSPS) is 10.5. The van der Waals surface area contributed by atoms with E-state index in [9.17, 15) is 10.1 Å². The van der Waals surface area contributed by atoms with Gasteiger partial charge in [0.15, 0.2) is 0 Å². The third-order valence-electron chi connectivity index (χ3n) is 2.27. The van der Waals surface area contributed by atoms with Crippen LogP contribution in [0, 0.1) is 17.0 Å². The molecule has 0 radical (unpaired) electrons. The van der Waals surface area contributed by atoms with E-state index < -0.39 is 4.92 Å². The highest BCUT2D eigenvalue weighted by Gasteiger charge is 2.18. The van der Waals surface area contributed by atoms with Crippen molar-refractivity contribution in [3.8, 4) is 0 Å². The first-order valence-electron chi connectivity index (χ1n) is 4.89. The summed E-state index contributed by atoms with van der Waals surface area (Å²) < 4.78 is 1.42. The van der Waals surface area contributed by atoms with Crippen LogP contribution < -0.4 is 5.32 Å². The average Bonchev–Trinajstić information content (AvgIpc) is 2.82. The van der Waals surface area contributed by atoms with Crippen molar-refractivity contribution < 1.29 is 4.92 Å². The van der Waals surface area contributed by atoms with Gasteiger partial charge in [0.1, 0.15) is 6.20 Å². The van der Waals surface area contributed by atoms with Crippen LogP contribution in [0.1, 0.15) is 10.6 Å². The Labute approximate surface area is 101 Å². The van der Waals surface area contributed by atoms with Crippen LogP contribution in [0.4, 0.5) is 11.5 Å². The van der Waals surface area contributed by atoms with Gasteiger partial charge in [0, 0.05) is 11.9 Å². The van der Waals surface area contributed by atoms with Gasteiger partial charge in [-0.3, -0.25) is 14.8 Å². The van der Waals surface area contributed by atoms with Crippen LogP contribution in [0.25, 0.3) is 0 Å². The zero-order chi connectivity index (χ0) is 12.4. The van der Waals surface area contributed by atoms with Crippen molar-refractivity contribution in [1.82, 2.24) is 14.8 Å². The number of hydrogen-bond donors (Lipinski definition) is 1. The Morgan fingerprint density at radius 3 is 3.00 bits per heavy atom. The molecule has 0 unspecified atom stereocenters. The number of nitrogens with zero attached hydrogens (tertiary/aromatic N) is 4. The Morgan fingerprint density at radius 1 is 1.65 bits per heavy atom. The van der Waals surface area contributed by atoms with Gasteiger partial charge >= 0.3 is 5.69 Å². The second-order valence-electron chi connectivity index (χ2n) is 3.51. The number of rotatable bonds is 4. The van der Waals surface area contributed by atoms with Crippen molar-refractivity contribution >= 4 is 22.8 Å². The molecule has 2 aromatic heterocycles. The second-order valence-corrected chi connectivity index (χ2v) is 4.45. The monoisotopic (exact) mass is 253 g/mol. The fourth-order valence-corrected chi connectivity index (χ4v) is 2.11. The van der Waals surface area contributed by atoms with Crippen molar-refractivity contribution in [2.24, 2.45) is 7.05 Å². The van der Waals surface area contributed by atoms with Gasteiger partial charge in [-0.15, -0.1) is 16.4 Å². The van der Waals surface area contributed by atoms with Crippen LogP contribution >= 0.6 is 11.3 Å². The molecule has 0 aliphatic heterocycles. The predicted octanol–water partition coefficient (Wildman–Crippen LogP) is 1.71. The zero-order valence-electron chi connectivity index (χ0n) is 9.38. The summed E-state index contributed by atoms with van der Waals surface area (Å²) in [5, 5.41) is 17.7.